The van der Waals surface area contributed by atoms with Crippen LogP contribution in [-0.4, -0.2) is 24.3 Å². The van der Waals surface area contributed by atoms with Crippen molar-refractivity contribution in [2.45, 2.75) is 72.1 Å². The molecular weight excluding hydrogens is 891 g/mol. The first-order chi connectivity index (χ1) is 27.4. The van der Waals surface area contributed by atoms with E-state index < -0.39 is 0 Å². The molecule has 1 radical (unpaired) electrons. The normalized spacial score (nSPS) is 11.8. The second-order valence-electron chi connectivity index (χ2n) is 16.9. The van der Waals surface area contributed by atoms with E-state index in [4.69, 9.17) is 14.4 Å². The van der Waals surface area contributed by atoms with Crippen molar-refractivity contribution in [2.24, 2.45) is 7.05 Å². The van der Waals surface area contributed by atoms with Crippen LogP contribution in [0.3, 0.4) is 0 Å². The summed E-state index contributed by atoms with van der Waals surface area (Å²) in [6.45, 7) is 15.5. The fourth-order valence-corrected chi connectivity index (χ4v) is 7.19. The molecule has 5 aromatic carbocycles. The van der Waals surface area contributed by atoms with Crippen LogP contribution in [0.5, 0.6) is 0 Å². The fourth-order valence-electron chi connectivity index (χ4n) is 7.19. The van der Waals surface area contributed by atoms with E-state index in [0.29, 0.717) is 0 Å². The summed E-state index contributed by atoms with van der Waals surface area (Å²) in [5.74, 6) is 0.852. The van der Waals surface area contributed by atoms with Gasteiger partial charge in [-0.2, -0.15) is 28.9 Å². The third-order valence-electron chi connectivity index (χ3n) is 10.5. The summed E-state index contributed by atoms with van der Waals surface area (Å²) < 4.78 is 10.5. The Morgan fingerprint density at radius 2 is 1.41 bits per heavy atom. The van der Waals surface area contributed by atoms with E-state index in [0.717, 1.165) is 91.0 Å². The zero-order valence-corrected chi connectivity index (χ0v) is 36.9. The number of hydrogen-bond donors (Lipinski definition) is 0. The van der Waals surface area contributed by atoms with Gasteiger partial charge in [-0.3, -0.25) is 14.6 Å². The van der Waals surface area contributed by atoms with Crippen LogP contribution in [-0.2, 0) is 44.4 Å². The van der Waals surface area contributed by atoms with Crippen LogP contribution in [0.1, 0.15) is 71.8 Å². The van der Waals surface area contributed by atoms with Crippen LogP contribution in [0.4, 0.5) is 0 Å². The summed E-state index contributed by atoms with van der Waals surface area (Å²) in [6.07, 6.45) is 6.20. The number of imidazole rings is 1. The molecule has 7 heteroatoms. The van der Waals surface area contributed by atoms with Crippen LogP contribution < -0.4 is 0 Å². The minimum absolute atomic E-state index is 0. The van der Waals surface area contributed by atoms with Gasteiger partial charge in [-0.15, -0.1) is 24.3 Å². The van der Waals surface area contributed by atoms with E-state index in [1.165, 1.54) is 11.1 Å². The number of nitrogens with zero attached hydrogens (tertiary/aromatic N) is 5. The van der Waals surface area contributed by atoms with Gasteiger partial charge in [-0.1, -0.05) is 127 Å². The fraction of sp³-hybridized carbons (Fsp3) is 0.235. The van der Waals surface area contributed by atoms with Crippen LogP contribution >= 0.6 is 0 Å². The molecule has 0 saturated heterocycles. The zero-order valence-electron chi connectivity index (χ0n) is 34.5. The topological polar surface area (TPSA) is 61.7 Å². The molecule has 58 heavy (non-hydrogen) atoms. The minimum atomic E-state index is -0.0458. The molecule has 6 nitrogen and oxygen atoms in total. The van der Waals surface area contributed by atoms with Crippen LogP contribution in [0, 0.1) is 12.1 Å². The average Bonchev–Trinajstić information content (AvgIpc) is 3.94. The van der Waals surface area contributed by atoms with E-state index in [-0.39, 0.29) is 30.9 Å². The number of furan rings is 1. The van der Waals surface area contributed by atoms with Crippen molar-refractivity contribution in [3.05, 3.63) is 157 Å². The molecule has 0 unspecified atom stereocenters. The second kappa shape index (κ2) is 16.3. The van der Waals surface area contributed by atoms with Crippen molar-refractivity contribution in [3.63, 3.8) is 0 Å². The Bertz CT molecular complexity index is 2800. The largest absolute Gasteiger partial charge is 0.501 e. The maximum Gasteiger partial charge on any atom is 0.121 e. The Kier molecular flexibility index (Phi) is 11.4. The molecular formula is C51H49IrN5O-2. The smallest absolute Gasteiger partial charge is 0.121 e. The molecule has 9 aromatic rings. The van der Waals surface area contributed by atoms with Crippen molar-refractivity contribution in [1.82, 2.24) is 24.3 Å². The number of para-hydroxylation sites is 2. The number of fused-ring (bicyclic) bond motifs is 4. The van der Waals surface area contributed by atoms with Crippen molar-refractivity contribution >= 4 is 33.0 Å². The molecule has 0 atom stereocenters. The molecule has 4 aromatic heterocycles. The van der Waals surface area contributed by atoms with Gasteiger partial charge in [0, 0.05) is 66.5 Å². The van der Waals surface area contributed by atoms with E-state index in [1.807, 2.05) is 66.6 Å². The summed E-state index contributed by atoms with van der Waals surface area (Å²) in [5.41, 5.74) is 13.6. The molecule has 295 valence electrons. The summed E-state index contributed by atoms with van der Waals surface area (Å²) in [6, 6.07) is 46.5. The number of benzene rings is 5. The van der Waals surface area contributed by atoms with Crippen molar-refractivity contribution < 1.29 is 24.5 Å². The molecule has 0 saturated carbocycles. The van der Waals surface area contributed by atoms with E-state index >= 15 is 0 Å². The first-order valence-corrected chi connectivity index (χ1v) is 19.8. The first kappa shape index (κ1) is 40.6. The first-order valence-electron chi connectivity index (χ1n) is 19.8. The number of pyridine rings is 1. The number of aromatic nitrogens is 5. The van der Waals surface area contributed by atoms with Gasteiger partial charge in [-0.25, -0.2) is 0 Å². The summed E-state index contributed by atoms with van der Waals surface area (Å²) in [4.78, 5) is 9.93. The van der Waals surface area contributed by atoms with Gasteiger partial charge in [0.1, 0.15) is 5.58 Å². The van der Waals surface area contributed by atoms with Crippen LogP contribution in [0.25, 0.3) is 72.3 Å². The molecule has 4 heterocycles. The third-order valence-corrected chi connectivity index (χ3v) is 10.5. The van der Waals surface area contributed by atoms with Crippen LogP contribution in [0.2, 0.25) is 0 Å². The second-order valence-corrected chi connectivity index (χ2v) is 16.9. The van der Waals surface area contributed by atoms with Gasteiger partial charge in [0.05, 0.1) is 28.6 Å². The van der Waals surface area contributed by atoms with E-state index in [2.05, 4.69) is 143 Å². The van der Waals surface area contributed by atoms with Crippen molar-refractivity contribution in [2.75, 3.05) is 0 Å². The van der Waals surface area contributed by atoms with Gasteiger partial charge in [-0.05, 0) is 52.7 Å². The predicted molar refractivity (Wildman–Crippen MR) is 235 cm³/mol. The number of hydrogen-bond acceptors (Lipinski definition) is 4. The van der Waals surface area contributed by atoms with Gasteiger partial charge in [0.25, 0.3) is 0 Å². The van der Waals surface area contributed by atoms with Crippen molar-refractivity contribution in [1.29, 1.82) is 0 Å². The number of rotatable bonds is 6. The Morgan fingerprint density at radius 1 is 0.690 bits per heavy atom. The SMILES string of the molecule is CCCc1c[c-]c(-n2cc(-c3ccccc3)cn2)cc1.Cn1c(-c2[c-]ccc3c2oc2cc(-c4cc(C(C)(C)C)nc(C(C)(C)C)c4)ccc23)nc2ccccc21.[Ir]. The van der Waals surface area contributed by atoms with Crippen LogP contribution in [0.15, 0.2) is 132 Å². The van der Waals surface area contributed by atoms with Gasteiger partial charge in [0.2, 0.25) is 0 Å². The molecule has 0 aliphatic rings. The van der Waals surface area contributed by atoms with Gasteiger partial charge >= 0.3 is 0 Å². The monoisotopic (exact) mass is 940 g/mol. The summed E-state index contributed by atoms with van der Waals surface area (Å²) >= 11 is 0. The molecule has 0 fully saturated rings. The Hall–Kier alpha value is -5.62. The molecule has 0 aliphatic heterocycles. The van der Waals surface area contributed by atoms with E-state index in [1.54, 1.807) is 0 Å². The van der Waals surface area contributed by atoms with Crippen molar-refractivity contribution in [3.8, 4) is 39.3 Å². The standard InChI is InChI=1S/C33H32N3O.C18H17N2.Ir/c1-32(2,3)28-18-21(19-29(35-28)33(4,5)6)20-15-16-22-23-11-10-12-24(30(23)37-27(22)17-20)31-34-25-13-8-9-14-26(25)36(31)7;1-2-6-15-9-11-18(12-10-15)20-14-17(13-19-20)16-7-4-3-5-8-16;/h8-11,13-19H,1-7H3;3-5,7-11,13-14H,2,6H2,1H3;/q2*-1;. The Morgan fingerprint density at radius 3 is 2.09 bits per heavy atom. The Labute approximate surface area is 355 Å². The predicted octanol–water partition coefficient (Wildman–Crippen LogP) is 12.9. The average molecular weight is 940 g/mol. The van der Waals surface area contributed by atoms with Gasteiger partial charge in [0.15, 0.2) is 0 Å². The number of aryl methyl sites for hydroxylation is 2. The quantitative estimate of drug-likeness (QED) is 0.156. The maximum absolute atomic E-state index is 6.55. The zero-order chi connectivity index (χ0) is 39.9. The molecule has 0 bridgehead atoms. The van der Waals surface area contributed by atoms with E-state index in [9.17, 15) is 0 Å². The third kappa shape index (κ3) is 8.20. The molecule has 0 aliphatic carbocycles. The summed E-state index contributed by atoms with van der Waals surface area (Å²) in [5, 5.41) is 6.59. The maximum atomic E-state index is 6.55. The molecule has 9 rings (SSSR count). The minimum Gasteiger partial charge on any atom is -0.501 e. The van der Waals surface area contributed by atoms with Gasteiger partial charge < -0.3 is 8.98 Å². The molecule has 0 amide bonds. The summed E-state index contributed by atoms with van der Waals surface area (Å²) in [7, 11) is 2.04. The Balaban J connectivity index is 0.000000206. The molecule has 0 N–H and O–H groups in total. The molecule has 0 spiro atoms.